The molecule has 0 spiro atoms. The highest BCUT2D eigenvalue weighted by atomic mass is 16.5. The van der Waals surface area contributed by atoms with Crippen LogP contribution in [0.1, 0.15) is 42.5 Å². The van der Waals surface area contributed by atoms with Gasteiger partial charge in [0.05, 0.1) is 26.4 Å². The van der Waals surface area contributed by atoms with E-state index < -0.39 is 11.9 Å². The van der Waals surface area contributed by atoms with Gasteiger partial charge in [-0.05, 0) is 50.3 Å². The smallest absolute Gasteiger partial charge is 0.355 e. The van der Waals surface area contributed by atoms with E-state index in [1.165, 1.54) is 37.5 Å². The Labute approximate surface area is 181 Å². The molecule has 0 saturated heterocycles. The summed E-state index contributed by atoms with van der Waals surface area (Å²) in [7, 11) is 2.47. The maximum Gasteiger partial charge on any atom is 0.355 e. The summed E-state index contributed by atoms with van der Waals surface area (Å²) in [6, 6.07) is 6.80. The Kier molecular flexibility index (Phi) is 7.83. The maximum atomic E-state index is 12.7. The lowest BCUT2D eigenvalue weighted by Gasteiger charge is -2.31. The van der Waals surface area contributed by atoms with Gasteiger partial charge in [-0.1, -0.05) is 17.7 Å². The highest BCUT2D eigenvalue weighted by Crippen LogP contribution is 2.27. The van der Waals surface area contributed by atoms with E-state index in [-0.39, 0.29) is 30.5 Å². The van der Waals surface area contributed by atoms with Crippen LogP contribution in [0.5, 0.6) is 0 Å². The van der Waals surface area contributed by atoms with Crippen LogP contribution in [0, 0.1) is 0 Å². The summed E-state index contributed by atoms with van der Waals surface area (Å²) in [5.74, 6) is -1.55. The summed E-state index contributed by atoms with van der Waals surface area (Å²) in [5.41, 5.74) is 2.49. The molecule has 1 aliphatic carbocycles. The summed E-state index contributed by atoms with van der Waals surface area (Å²) in [6.07, 6.45) is 7.79. The largest absolute Gasteiger partial charge is 0.466 e. The van der Waals surface area contributed by atoms with Gasteiger partial charge in [-0.3, -0.25) is 4.79 Å². The van der Waals surface area contributed by atoms with Gasteiger partial charge in [0.25, 0.3) is 5.91 Å². The van der Waals surface area contributed by atoms with Gasteiger partial charge in [-0.25, -0.2) is 9.59 Å². The predicted molar refractivity (Wildman–Crippen MR) is 114 cm³/mol. The third-order valence-electron chi connectivity index (χ3n) is 5.37. The van der Waals surface area contributed by atoms with Crippen molar-refractivity contribution in [3.05, 3.63) is 52.7 Å². The van der Waals surface area contributed by atoms with Gasteiger partial charge in [0.1, 0.15) is 12.4 Å². The fourth-order valence-electron chi connectivity index (χ4n) is 3.73. The third kappa shape index (κ3) is 5.52. The molecule has 166 valence electrons. The number of hydrogen-bond donors (Lipinski definition) is 1. The molecule has 0 fully saturated rings. The van der Waals surface area contributed by atoms with E-state index in [1.807, 2.05) is 0 Å². The highest BCUT2D eigenvalue weighted by molar-refractivity contribution is 6.03. The van der Waals surface area contributed by atoms with E-state index in [0.717, 1.165) is 19.3 Å². The number of esters is 2. The van der Waals surface area contributed by atoms with Crippen LogP contribution >= 0.6 is 0 Å². The molecule has 1 aliphatic heterocycles. The number of nitrogens with one attached hydrogen (secondary N) is 1. The molecule has 1 N–H and O–H groups in total. The molecule has 1 heterocycles. The van der Waals surface area contributed by atoms with Crippen LogP contribution in [-0.4, -0.2) is 51.9 Å². The van der Waals surface area contributed by atoms with Crippen LogP contribution in [0.15, 0.2) is 47.2 Å². The second-order valence-corrected chi connectivity index (χ2v) is 7.38. The molecule has 0 saturated carbocycles. The quantitative estimate of drug-likeness (QED) is 0.527. The van der Waals surface area contributed by atoms with Crippen molar-refractivity contribution in [3.8, 4) is 0 Å². The van der Waals surface area contributed by atoms with Gasteiger partial charge in [0.15, 0.2) is 0 Å². The van der Waals surface area contributed by atoms with E-state index in [0.29, 0.717) is 17.8 Å². The zero-order chi connectivity index (χ0) is 22.2. The van der Waals surface area contributed by atoms with Gasteiger partial charge in [-0.15, -0.1) is 0 Å². The minimum absolute atomic E-state index is 0.0319. The summed E-state index contributed by atoms with van der Waals surface area (Å²) in [5, 5.41) is 2.95. The Bertz CT molecular complexity index is 905. The van der Waals surface area contributed by atoms with Crippen molar-refractivity contribution in [3.63, 3.8) is 0 Å². The fourth-order valence-corrected chi connectivity index (χ4v) is 3.73. The van der Waals surface area contributed by atoms with Crippen molar-refractivity contribution in [1.82, 2.24) is 5.32 Å². The number of hydrogen-bond acceptors (Lipinski definition) is 7. The van der Waals surface area contributed by atoms with Crippen molar-refractivity contribution >= 4 is 23.5 Å². The number of anilines is 1. The molecule has 0 atom stereocenters. The summed E-state index contributed by atoms with van der Waals surface area (Å²) < 4.78 is 15.1. The first-order chi connectivity index (χ1) is 15.0. The molecule has 8 nitrogen and oxygen atoms in total. The molecule has 31 heavy (non-hydrogen) atoms. The topological polar surface area (TPSA) is 94.2 Å². The van der Waals surface area contributed by atoms with Crippen LogP contribution in [0.3, 0.4) is 0 Å². The first-order valence-corrected chi connectivity index (χ1v) is 10.4. The lowest BCUT2D eigenvalue weighted by atomic mass is 9.97. The molecular weight excluding hydrogens is 400 g/mol. The number of ether oxygens (including phenoxy) is 3. The van der Waals surface area contributed by atoms with Crippen LogP contribution in [0.25, 0.3) is 0 Å². The molecule has 3 rings (SSSR count). The number of methoxy groups -OCH3 is 2. The van der Waals surface area contributed by atoms with Gasteiger partial charge in [0, 0.05) is 17.8 Å². The van der Waals surface area contributed by atoms with E-state index in [4.69, 9.17) is 14.2 Å². The average molecular weight is 428 g/mol. The van der Waals surface area contributed by atoms with Gasteiger partial charge >= 0.3 is 11.9 Å². The van der Waals surface area contributed by atoms with Crippen molar-refractivity contribution in [2.45, 2.75) is 32.1 Å². The number of amides is 1. The molecule has 1 amide bonds. The third-order valence-corrected chi connectivity index (χ3v) is 5.37. The zero-order valence-corrected chi connectivity index (χ0v) is 17.9. The number of nitrogens with zero attached hydrogens (tertiary/aromatic N) is 1. The minimum Gasteiger partial charge on any atom is -0.466 e. The van der Waals surface area contributed by atoms with Crippen molar-refractivity contribution in [1.29, 1.82) is 0 Å². The number of benzene rings is 1. The molecule has 0 unspecified atom stereocenters. The summed E-state index contributed by atoms with van der Waals surface area (Å²) in [4.78, 5) is 38.7. The van der Waals surface area contributed by atoms with E-state index >= 15 is 0 Å². The molecule has 1 aromatic carbocycles. The van der Waals surface area contributed by atoms with E-state index in [1.54, 1.807) is 24.3 Å². The fraction of sp³-hybridized carbons (Fsp3) is 0.435. The predicted octanol–water partition coefficient (Wildman–Crippen LogP) is 2.70. The van der Waals surface area contributed by atoms with Gasteiger partial charge in [0.2, 0.25) is 0 Å². The molecular formula is C23H28N2O6. The molecule has 0 aromatic heterocycles. The second kappa shape index (κ2) is 10.8. The Hall–Kier alpha value is -3.13. The first kappa shape index (κ1) is 22.6. The second-order valence-electron chi connectivity index (χ2n) is 7.38. The maximum absolute atomic E-state index is 12.7. The van der Waals surface area contributed by atoms with Gasteiger partial charge < -0.3 is 24.4 Å². The van der Waals surface area contributed by atoms with Crippen molar-refractivity contribution in [2.75, 3.05) is 39.0 Å². The van der Waals surface area contributed by atoms with Crippen molar-refractivity contribution < 1.29 is 28.6 Å². The lowest BCUT2D eigenvalue weighted by molar-refractivity contribution is -0.140. The van der Waals surface area contributed by atoms with Crippen LogP contribution in [-0.2, 0) is 23.8 Å². The van der Waals surface area contributed by atoms with E-state index in [9.17, 15) is 14.4 Å². The Balaban J connectivity index is 1.77. The molecule has 1 aromatic rings. The first-order valence-electron chi connectivity index (χ1n) is 10.4. The van der Waals surface area contributed by atoms with Crippen molar-refractivity contribution in [2.24, 2.45) is 0 Å². The summed E-state index contributed by atoms with van der Waals surface area (Å²) >= 11 is 0. The van der Waals surface area contributed by atoms with Crippen LogP contribution in [0.2, 0.25) is 0 Å². The SMILES string of the molecule is COC(=O)C1=C(C(=O)OC)N(c2cccc(C(=O)NCCC3=CCCCC3)c2)COC1. The van der Waals surface area contributed by atoms with E-state index in [2.05, 4.69) is 11.4 Å². The molecule has 8 heteroatoms. The van der Waals surface area contributed by atoms with Crippen LogP contribution < -0.4 is 10.2 Å². The molecule has 0 bridgehead atoms. The molecule has 2 aliphatic rings. The zero-order valence-electron chi connectivity index (χ0n) is 17.9. The molecule has 0 radical (unpaired) electrons. The Morgan fingerprint density at radius 1 is 1.13 bits per heavy atom. The Morgan fingerprint density at radius 2 is 1.94 bits per heavy atom. The number of rotatable bonds is 7. The summed E-state index contributed by atoms with van der Waals surface area (Å²) in [6.45, 7) is 0.537. The Morgan fingerprint density at radius 3 is 2.65 bits per heavy atom. The lowest BCUT2D eigenvalue weighted by Crippen LogP contribution is -2.39. The number of carbonyl (C=O) groups excluding carboxylic acids is 3. The minimum atomic E-state index is -0.681. The number of carbonyl (C=O) groups is 3. The van der Waals surface area contributed by atoms with Gasteiger partial charge in [-0.2, -0.15) is 0 Å². The number of allylic oxidation sites excluding steroid dienone is 1. The highest BCUT2D eigenvalue weighted by Gasteiger charge is 2.32. The van der Waals surface area contributed by atoms with Crippen LogP contribution in [0.4, 0.5) is 5.69 Å². The average Bonchev–Trinajstić information content (AvgIpc) is 2.83. The monoisotopic (exact) mass is 428 g/mol. The standard InChI is InChI=1S/C23H28N2O6/c1-29-22(27)19-14-31-15-25(20(19)23(28)30-2)18-10-6-9-17(13-18)21(26)24-12-11-16-7-4-3-5-8-16/h6-7,9-10,13H,3-5,8,11-12,14-15H2,1-2H3,(H,24,26). The normalized spacial score (nSPS) is 16.5.